The predicted octanol–water partition coefficient (Wildman–Crippen LogP) is 2.97. The topological polar surface area (TPSA) is 73.6 Å². The van der Waals surface area contributed by atoms with Crippen LogP contribution in [0.2, 0.25) is 0 Å². The lowest BCUT2D eigenvalue weighted by Gasteiger charge is -2.11. The smallest absolute Gasteiger partial charge is 0.277 e. The summed E-state index contributed by atoms with van der Waals surface area (Å²) in [7, 11) is 1.55. The zero-order valence-corrected chi connectivity index (χ0v) is 12.7. The molecule has 7 heteroatoms. The van der Waals surface area contributed by atoms with Crippen LogP contribution in [0.15, 0.2) is 28.8 Å². The highest BCUT2D eigenvalue weighted by molar-refractivity contribution is 6.03. The Morgan fingerprint density at radius 2 is 2.22 bits per heavy atom. The van der Waals surface area contributed by atoms with Gasteiger partial charge in [-0.15, -0.1) is 0 Å². The summed E-state index contributed by atoms with van der Waals surface area (Å²) in [6.45, 7) is 0.680. The largest absolute Gasteiger partial charge is 0.489 e. The number of methoxy groups -OCH3 is 1. The van der Waals surface area contributed by atoms with Crippen LogP contribution >= 0.6 is 0 Å². The number of rotatable bonds is 7. The molecule has 6 nitrogen and oxygen atoms in total. The molecule has 0 bridgehead atoms. The molecule has 122 valence electrons. The van der Waals surface area contributed by atoms with Crippen LogP contribution in [0.1, 0.15) is 35.0 Å². The Kier molecular flexibility index (Phi) is 4.57. The Bertz CT molecular complexity index is 697. The van der Waals surface area contributed by atoms with Crippen molar-refractivity contribution < 1.29 is 23.2 Å². The van der Waals surface area contributed by atoms with Crippen LogP contribution in [0, 0.1) is 5.82 Å². The number of anilines is 1. The standard InChI is InChI=1S/C16H17FN2O4/c1-21-6-7-22-14-5-4-11(17)8-12(14)18-16(20)13-9-15(23-19-13)10-2-3-10/h4-5,8-10H,2-3,6-7H2,1H3,(H,18,20). The first-order valence-electron chi connectivity index (χ1n) is 7.36. The maximum Gasteiger partial charge on any atom is 0.277 e. The summed E-state index contributed by atoms with van der Waals surface area (Å²) in [5, 5.41) is 6.36. The molecule has 1 fully saturated rings. The summed E-state index contributed by atoms with van der Waals surface area (Å²) < 4.78 is 29.0. The van der Waals surface area contributed by atoms with E-state index in [0.717, 1.165) is 12.8 Å². The molecule has 1 aromatic heterocycles. The van der Waals surface area contributed by atoms with E-state index in [4.69, 9.17) is 14.0 Å². The number of benzene rings is 1. The number of nitrogens with one attached hydrogen (secondary N) is 1. The predicted molar refractivity (Wildman–Crippen MR) is 80.2 cm³/mol. The number of hydrogen-bond donors (Lipinski definition) is 1. The van der Waals surface area contributed by atoms with Gasteiger partial charge in [-0.25, -0.2) is 4.39 Å². The molecule has 1 N–H and O–H groups in total. The fourth-order valence-corrected chi connectivity index (χ4v) is 2.10. The van der Waals surface area contributed by atoms with Gasteiger partial charge in [0.1, 0.15) is 23.9 Å². The second-order valence-electron chi connectivity index (χ2n) is 5.32. The Morgan fingerprint density at radius 1 is 1.39 bits per heavy atom. The number of amides is 1. The SMILES string of the molecule is COCCOc1ccc(F)cc1NC(=O)c1cc(C2CC2)on1. The third-order valence-electron chi connectivity index (χ3n) is 3.48. The number of carbonyl (C=O) groups excluding carboxylic acids is 1. The van der Waals surface area contributed by atoms with E-state index in [1.165, 1.54) is 18.2 Å². The molecule has 3 rings (SSSR count). The molecular weight excluding hydrogens is 303 g/mol. The van der Waals surface area contributed by atoms with E-state index >= 15 is 0 Å². The minimum absolute atomic E-state index is 0.166. The number of aromatic nitrogens is 1. The van der Waals surface area contributed by atoms with E-state index in [0.29, 0.717) is 30.6 Å². The first-order valence-corrected chi connectivity index (χ1v) is 7.36. The van der Waals surface area contributed by atoms with Crippen LogP contribution in [0.4, 0.5) is 10.1 Å². The molecule has 0 spiro atoms. The van der Waals surface area contributed by atoms with E-state index in [9.17, 15) is 9.18 Å². The van der Waals surface area contributed by atoms with Crippen molar-refractivity contribution in [3.8, 4) is 5.75 Å². The summed E-state index contributed by atoms with van der Waals surface area (Å²) in [6, 6.07) is 5.54. The van der Waals surface area contributed by atoms with Gasteiger partial charge in [0.2, 0.25) is 0 Å². The molecule has 1 amide bonds. The average Bonchev–Trinajstić information content (AvgIpc) is 3.26. The summed E-state index contributed by atoms with van der Waals surface area (Å²) in [5.74, 6) is 0.501. The quantitative estimate of drug-likeness (QED) is 0.794. The van der Waals surface area contributed by atoms with E-state index < -0.39 is 11.7 Å². The first-order chi connectivity index (χ1) is 11.2. The lowest BCUT2D eigenvalue weighted by atomic mass is 10.2. The number of hydrogen-bond acceptors (Lipinski definition) is 5. The normalized spacial score (nSPS) is 13.8. The highest BCUT2D eigenvalue weighted by Gasteiger charge is 2.29. The number of halogens is 1. The minimum atomic E-state index is -0.474. The minimum Gasteiger partial charge on any atom is -0.489 e. The molecule has 23 heavy (non-hydrogen) atoms. The van der Waals surface area contributed by atoms with Crippen molar-refractivity contribution in [2.75, 3.05) is 25.6 Å². The molecule has 1 aliphatic carbocycles. The van der Waals surface area contributed by atoms with Crippen LogP contribution in [-0.4, -0.2) is 31.4 Å². The summed E-state index contributed by atoms with van der Waals surface area (Å²) in [6.07, 6.45) is 2.11. The van der Waals surface area contributed by atoms with Gasteiger partial charge in [-0.2, -0.15) is 0 Å². The van der Waals surface area contributed by atoms with Gasteiger partial charge in [0.15, 0.2) is 5.69 Å². The third-order valence-corrected chi connectivity index (χ3v) is 3.48. The summed E-state index contributed by atoms with van der Waals surface area (Å²) in [4.78, 5) is 12.2. The fourth-order valence-electron chi connectivity index (χ4n) is 2.10. The van der Waals surface area contributed by atoms with Gasteiger partial charge < -0.3 is 19.3 Å². The second-order valence-corrected chi connectivity index (χ2v) is 5.32. The summed E-state index contributed by atoms with van der Waals surface area (Å²) >= 11 is 0. The van der Waals surface area contributed by atoms with Gasteiger partial charge in [0.25, 0.3) is 5.91 Å². The zero-order chi connectivity index (χ0) is 16.2. The third kappa shape index (κ3) is 3.87. The second kappa shape index (κ2) is 6.78. The number of nitrogens with zero attached hydrogens (tertiary/aromatic N) is 1. The Balaban J connectivity index is 1.71. The maximum atomic E-state index is 13.4. The molecule has 0 unspecified atom stereocenters. The highest BCUT2D eigenvalue weighted by Crippen LogP contribution is 2.40. The Labute approximate surface area is 132 Å². The maximum absolute atomic E-state index is 13.4. The van der Waals surface area contributed by atoms with Crippen LogP contribution in [-0.2, 0) is 4.74 Å². The van der Waals surface area contributed by atoms with Crippen molar-refractivity contribution in [3.05, 3.63) is 41.5 Å². The van der Waals surface area contributed by atoms with Crippen LogP contribution in [0.3, 0.4) is 0 Å². The van der Waals surface area contributed by atoms with E-state index in [2.05, 4.69) is 10.5 Å². The fraction of sp³-hybridized carbons (Fsp3) is 0.375. The molecule has 0 atom stereocenters. The lowest BCUT2D eigenvalue weighted by molar-refractivity contribution is 0.101. The van der Waals surface area contributed by atoms with Crippen molar-refractivity contribution in [3.63, 3.8) is 0 Å². The molecule has 1 aromatic carbocycles. The van der Waals surface area contributed by atoms with Gasteiger partial charge in [-0.05, 0) is 25.0 Å². The van der Waals surface area contributed by atoms with Gasteiger partial charge in [0, 0.05) is 25.2 Å². The zero-order valence-electron chi connectivity index (χ0n) is 12.7. The van der Waals surface area contributed by atoms with Crippen molar-refractivity contribution in [1.82, 2.24) is 5.16 Å². The van der Waals surface area contributed by atoms with Gasteiger partial charge >= 0.3 is 0 Å². The monoisotopic (exact) mass is 320 g/mol. The van der Waals surface area contributed by atoms with Crippen LogP contribution in [0.5, 0.6) is 5.75 Å². The van der Waals surface area contributed by atoms with Gasteiger partial charge in [-0.3, -0.25) is 4.79 Å². The molecule has 0 saturated heterocycles. The Hall–Kier alpha value is -2.41. The van der Waals surface area contributed by atoms with E-state index in [-0.39, 0.29) is 11.4 Å². The van der Waals surface area contributed by atoms with Crippen LogP contribution < -0.4 is 10.1 Å². The summed E-state index contributed by atoms with van der Waals surface area (Å²) in [5.41, 5.74) is 0.404. The molecule has 1 saturated carbocycles. The van der Waals surface area contributed by atoms with Crippen molar-refractivity contribution >= 4 is 11.6 Å². The van der Waals surface area contributed by atoms with Crippen LogP contribution in [0.25, 0.3) is 0 Å². The van der Waals surface area contributed by atoms with Crippen molar-refractivity contribution in [2.45, 2.75) is 18.8 Å². The molecule has 1 aliphatic rings. The first kappa shape index (κ1) is 15.5. The molecule has 0 radical (unpaired) electrons. The van der Waals surface area contributed by atoms with Crippen molar-refractivity contribution in [1.29, 1.82) is 0 Å². The molecular formula is C16H17FN2O4. The van der Waals surface area contributed by atoms with Gasteiger partial charge in [-0.1, -0.05) is 5.16 Å². The molecule has 2 aromatic rings. The number of ether oxygens (including phenoxy) is 2. The van der Waals surface area contributed by atoms with Gasteiger partial charge in [0.05, 0.1) is 12.3 Å². The average molecular weight is 320 g/mol. The number of carbonyl (C=O) groups is 1. The van der Waals surface area contributed by atoms with Crippen molar-refractivity contribution in [2.24, 2.45) is 0 Å². The Morgan fingerprint density at radius 3 is 2.96 bits per heavy atom. The van der Waals surface area contributed by atoms with E-state index in [1.807, 2.05) is 0 Å². The lowest BCUT2D eigenvalue weighted by Crippen LogP contribution is -2.14. The molecule has 1 heterocycles. The van der Waals surface area contributed by atoms with E-state index in [1.54, 1.807) is 13.2 Å². The molecule has 0 aliphatic heterocycles. The highest BCUT2D eigenvalue weighted by atomic mass is 19.1.